The second-order valence-electron chi connectivity index (χ2n) is 14.9. The van der Waals surface area contributed by atoms with Crippen LogP contribution in [0.1, 0.15) is 90.5 Å². The molecule has 60 heavy (non-hydrogen) atoms. The van der Waals surface area contributed by atoms with Crippen LogP contribution in [0.3, 0.4) is 0 Å². The highest BCUT2D eigenvalue weighted by Gasteiger charge is 2.41. The van der Waals surface area contributed by atoms with Crippen molar-refractivity contribution >= 4 is 53.4 Å². The number of phenols is 1. The summed E-state index contributed by atoms with van der Waals surface area (Å²) in [5.41, 5.74) is 11.8. The molecule has 0 aliphatic carbocycles. The highest BCUT2D eigenvalue weighted by Crippen LogP contribution is 2.22. The molecule has 2 rings (SSSR count). The van der Waals surface area contributed by atoms with E-state index in [9.17, 15) is 58.5 Å². The molecule has 1 fully saturated rings. The van der Waals surface area contributed by atoms with Crippen molar-refractivity contribution in [1.82, 2.24) is 31.5 Å². The Labute approximate surface area is 347 Å². The predicted molar refractivity (Wildman–Crippen MR) is 214 cm³/mol. The Bertz CT molecular complexity index is 1680. The van der Waals surface area contributed by atoms with Crippen molar-refractivity contribution in [2.45, 2.75) is 134 Å². The molecule has 0 spiro atoms. The lowest BCUT2D eigenvalue weighted by atomic mass is 9.96. The van der Waals surface area contributed by atoms with E-state index in [0.717, 1.165) is 0 Å². The first-order valence-electron chi connectivity index (χ1n) is 20.0. The summed E-state index contributed by atoms with van der Waals surface area (Å²) in [5.74, 6) is -9.06. The van der Waals surface area contributed by atoms with E-state index < -0.39 is 121 Å². The van der Waals surface area contributed by atoms with Gasteiger partial charge in [0.2, 0.25) is 35.4 Å². The molecule has 0 saturated carbocycles. The Balaban J connectivity index is 2.31. The number of benzene rings is 1. The standard InChI is InChI=1S/C39H60N8O13/c1-4-21(2)32(38(58)47-19-7-9-29(47)37(57)44-27(39(59)60)8-5-6-18-40)46-36(56)28(20-23-10-12-24(48)13-11-23)45-33(53)22(3)42-35(55)26(15-17-31(51)52)43-34(54)25(41)14-16-30(49)50/h10-13,21-22,25-29,32,48H,4-9,14-20,40-41H2,1-3H3,(H,42,55)(H,43,54)(H,44,57)(H,45,53)(H,46,56)(H,49,50)(H,51,52)(H,59,60). The second kappa shape index (κ2) is 24.9. The summed E-state index contributed by atoms with van der Waals surface area (Å²) in [6, 6.07) is -3.20. The number of amides is 6. The summed E-state index contributed by atoms with van der Waals surface area (Å²) in [6.07, 6.45) is 0.465. The Hall–Kier alpha value is -5.83. The number of hydrogen-bond donors (Lipinski definition) is 11. The summed E-state index contributed by atoms with van der Waals surface area (Å²) in [6.45, 7) is 5.30. The third-order valence-electron chi connectivity index (χ3n) is 10.2. The van der Waals surface area contributed by atoms with Crippen LogP contribution < -0.4 is 38.1 Å². The van der Waals surface area contributed by atoms with Gasteiger partial charge in [-0.2, -0.15) is 0 Å². The predicted octanol–water partition coefficient (Wildman–Crippen LogP) is -1.31. The van der Waals surface area contributed by atoms with Crippen LogP contribution >= 0.6 is 0 Å². The normalized spacial score (nSPS) is 17.1. The van der Waals surface area contributed by atoms with Gasteiger partial charge in [0.15, 0.2) is 0 Å². The number of rotatable bonds is 26. The number of carboxylic acids is 3. The molecule has 6 amide bonds. The highest BCUT2D eigenvalue weighted by atomic mass is 16.4. The number of likely N-dealkylation sites (tertiary alicyclic amines) is 1. The van der Waals surface area contributed by atoms with Crippen LogP contribution in [-0.4, -0.2) is 134 Å². The van der Waals surface area contributed by atoms with Gasteiger partial charge in [-0.3, -0.25) is 38.4 Å². The lowest BCUT2D eigenvalue weighted by Gasteiger charge is -2.33. The average molecular weight is 849 g/mol. The van der Waals surface area contributed by atoms with Crippen molar-refractivity contribution in [2.75, 3.05) is 13.1 Å². The minimum atomic E-state index is -1.49. The van der Waals surface area contributed by atoms with Gasteiger partial charge in [-0.05, 0) is 82.0 Å². The number of nitrogens with one attached hydrogen (secondary N) is 5. The fraction of sp³-hybridized carbons (Fsp3) is 0.615. The van der Waals surface area contributed by atoms with Crippen LogP contribution in [0.5, 0.6) is 5.75 Å². The number of hydrogen-bond acceptors (Lipinski definition) is 12. The molecule has 334 valence electrons. The van der Waals surface area contributed by atoms with E-state index in [-0.39, 0.29) is 38.0 Å². The summed E-state index contributed by atoms with van der Waals surface area (Å²) < 4.78 is 0. The van der Waals surface area contributed by atoms with E-state index in [1.54, 1.807) is 13.8 Å². The molecule has 1 aliphatic rings. The first-order chi connectivity index (χ1) is 28.3. The fourth-order valence-electron chi connectivity index (χ4n) is 6.42. The maximum absolute atomic E-state index is 14.2. The number of carbonyl (C=O) groups is 9. The fourth-order valence-corrected chi connectivity index (χ4v) is 6.42. The van der Waals surface area contributed by atoms with Gasteiger partial charge >= 0.3 is 17.9 Å². The minimum absolute atomic E-state index is 0.0654. The molecule has 13 N–H and O–H groups in total. The lowest BCUT2D eigenvalue weighted by Crippen LogP contribution is -2.60. The SMILES string of the molecule is CCC(C)C(NC(=O)C(Cc1ccc(O)cc1)NC(=O)C(C)NC(=O)C(CCC(=O)O)NC(=O)C(N)CCC(=O)O)C(=O)N1CCCC1C(=O)NC(CCCCN)C(=O)O. The van der Waals surface area contributed by atoms with Gasteiger partial charge in [0, 0.05) is 25.8 Å². The van der Waals surface area contributed by atoms with Gasteiger partial charge in [-0.25, -0.2) is 4.79 Å². The minimum Gasteiger partial charge on any atom is -0.508 e. The summed E-state index contributed by atoms with van der Waals surface area (Å²) >= 11 is 0. The van der Waals surface area contributed by atoms with E-state index in [1.165, 1.54) is 36.1 Å². The van der Waals surface area contributed by atoms with Gasteiger partial charge in [0.05, 0.1) is 6.04 Å². The van der Waals surface area contributed by atoms with Crippen LogP contribution in [0.15, 0.2) is 24.3 Å². The third-order valence-corrected chi connectivity index (χ3v) is 10.2. The number of carboxylic acid groups (broad SMARTS) is 3. The smallest absolute Gasteiger partial charge is 0.326 e. The van der Waals surface area contributed by atoms with Crippen LogP contribution in [0.25, 0.3) is 0 Å². The van der Waals surface area contributed by atoms with E-state index >= 15 is 0 Å². The van der Waals surface area contributed by atoms with Crippen molar-refractivity contribution in [1.29, 1.82) is 0 Å². The van der Waals surface area contributed by atoms with Crippen LogP contribution in [0.2, 0.25) is 0 Å². The van der Waals surface area contributed by atoms with Gasteiger partial charge in [0.25, 0.3) is 0 Å². The van der Waals surface area contributed by atoms with Gasteiger partial charge < -0.3 is 63.4 Å². The van der Waals surface area contributed by atoms with E-state index in [2.05, 4.69) is 26.6 Å². The van der Waals surface area contributed by atoms with E-state index in [1.807, 2.05) is 0 Å². The van der Waals surface area contributed by atoms with Gasteiger partial charge in [-0.1, -0.05) is 32.4 Å². The Morgan fingerprint density at radius 2 is 1.35 bits per heavy atom. The van der Waals surface area contributed by atoms with Crippen molar-refractivity contribution in [2.24, 2.45) is 17.4 Å². The zero-order chi connectivity index (χ0) is 45.1. The Morgan fingerprint density at radius 1 is 0.750 bits per heavy atom. The number of nitrogens with zero attached hydrogens (tertiary/aromatic N) is 1. The van der Waals surface area contributed by atoms with Crippen LogP contribution in [0, 0.1) is 5.92 Å². The zero-order valence-electron chi connectivity index (χ0n) is 34.2. The molecule has 8 atom stereocenters. The van der Waals surface area contributed by atoms with Gasteiger partial charge in [-0.15, -0.1) is 0 Å². The third kappa shape index (κ3) is 16.4. The number of unbranched alkanes of at least 4 members (excludes halogenated alkanes) is 1. The maximum atomic E-state index is 14.2. The molecule has 0 aromatic heterocycles. The molecular formula is C39H60N8O13. The largest absolute Gasteiger partial charge is 0.508 e. The second-order valence-corrected chi connectivity index (χ2v) is 14.9. The number of nitrogens with two attached hydrogens (primary N) is 2. The monoisotopic (exact) mass is 848 g/mol. The molecule has 1 heterocycles. The molecular weight excluding hydrogens is 788 g/mol. The Morgan fingerprint density at radius 3 is 1.93 bits per heavy atom. The molecule has 0 radical (unpaired) electrons. The molecule has 1 aliphatic heterocycles. The van der Waals surface area contributed by atoms with Crippen LogP contribution in [-0.2, 0) is 49.6 Å². The van der Waals surface area contributed by atoms with Gasteiger partial charge in [0.1, 0.15) is 42.0 Å². The zero-order valence-corrected chi connectivity index (χ0v) is 34.2. The number of phenolic OH excluding ortho intramolecular Hbond substituents is 1. The van der Waals surface area contributed by atoms with Crippen molar-refractivity contribution in [3.05, 3.63) is 29.8 Å². The summed E-state index contributed by atoms with van der Waals surface area (Å²) in [5, 5.41) is 50.2. The molecule has 21 nitrogen and oxygen atoms in total. The quantitative estimate of drug-likeness (QED) is 0.0482. The van der Waals surface area contributed by atoms with Crippen molar-refractivity contribution in [3.63, 3.8) is 0 Å². The molecule has 1 aromatic carbocycles. The molecule has 8 unspecified atom stereocenters. The summed E-state index contributed by atoms with van der Waals surface area (Å²) in [4.78, 5) is 117. The van der Waals surface area contributed by atoms with Crippen molar-refractivity contribution in [3.8, 4) is 5.75 Å². The number of carbonyl (C=O) groups excluding carboxylic acids is 6. The average Bonchev–Trinajstić information content (AvgIpc) is 3.70. The molecule has 21 heteroatoms. The molecule has 0 bridgehead atoms. The van der Waals surface area contributed by atoms with E-state index in [0.29, 0.717) is 37.8 Å². The molecule has 1 aromatic rings. The highest BCUT2D eigenvalue weighted by molar-refractivity contribution is 5.97. The molecule has 1 saturated heterocycles. The number of aromatic hydroxyl groups is 1. The topological polar surface area (TPSA) is 350 Å². The summed E-state index contributed by atoms with van der Waals surface area (Å²) in [7, 11) is 0. The van der Waals surface area contributed by atoms with Crippen LogP contribution in [0.4, 0.5) is 0 Å². The van der Waals surface area contributed by atoms with E-state index in [4.69, 9.17) is 16.6 Å². The van der Waals surface area contributed by atoms with Crippen molar-refractivity contribution < 1.29 is 63.6 Å². The lowest BCUT2D eigenvalue weighted by molar-refractivity contribution is -0.145. The first kappa shape index (κ1) is 50.3. The first-order valence-corrected chi connectivity index (χ1v) is 20.0. The maximum Gasteiger partial charge on any atom is 0.326 e. The number of aliphatic carboxylic acids is 3. The Kier molecular flexibility index (Phi) is 20.9.